The van der Waals surface area contributed by atoms with Gasteiger partial charge in [-0.25, -0.2) is 0 Å². The molecule has 3 aromatic rings. The zero-order valence-corrected chi connectivity index (χ0v) is 19.6. The molecule has 2 heterocycles. The van der Waals surface area contributed by atoms with Crippen LogP contribution in [0.25, 0.3) is 0 Å². The van der Waals surface area contributed by atoms with Gasteiger partial charge in [-0.1, -0.05) is 31.0 Å². The Bertz CT molecular complexity index is 1050. The van der Waals surface area contributed by atoms with Crippen molar-refractivity contribution in [3.05, 3.63) is 76.7 Å². The van der Waals surface area contributed by atoms with E-state index in [0.29, 0.717) is 23.6 Å². The zero-order chi connectivity index (χ0) is 23.0. The maximum Gasteiger partial charge on any atom is 0.248 e. The number of hydrogen-bond donors (Lipinski definition) is 1. The molecule has 0 saturated heterocycles. The van der Waals surface area contributed by atoms with Crippen LogP contribution in [-0.4, -0.2) is 29.4 Å². The molecule has 1 saturated carbocycles. The third-order valence-electron chi connectivity index (χ3n) is 5.83. The highest BCUT2D eigenvalue weighted by atomic mass is 32.1. The van der Waals surface area contributed by atoms with Crippen molar-refractivity contribution in [2.45, 2.75) is 51.1 Å². The number of thiophene rings is 1. The molecule has 6 nitrogen and oxygen atoms in total. The average molecular weight is 464 g/mol. The summed E-state index contributed by atoms with van der Waals surface area (Å²) in [7, 11) is 0. The first-order chi connectivity index (χ1) is 16.2. The standard InChI is InChI=1S/C26H29N3O3S/c1-2-32-23-12-6-5-11-22(23)29(24(30)18-21-10-7-17-33-21)25(19-13-15-27-16-14-19)26(31)28-20-8-3-4-9-20/h5-7,10-17,20,25H,2-4,8-9,18H2,1H3,(H,28,31)/t25-/m1/s1. The van der Waals surface area contributed by atoms with E-state index in [-0.39, 0.29) is 24.3 Å². The number of nitrogens with one attached hydrogen (secondary N) is 1. The fourth-order valence-electron chi connectivity index (χ4n) is 4.31. The second-order valence-electron chi connectivity index (χ2n) is 8.09. The van der Waals surface area contributed by atoms with Gasteiger partial charge >= 0.3 is 0 Å². The monoisotopic (exact) mass is 463 g/mol. The molecule has 4 rings (SSSR count). The summed E-state index contributed by atoms with van der Waals surface area (Å²) in [6.45, 7) is 2.36. The molecule has 0 bridgehead atoms. The van der Waals surface area contributed by atoms with E-state index in [1.54, 1.807) is 29.4 Å². The molecule has 1 aliphatic carbocycles. The number of rotatable bonds is 9. The molecule has 0 radical (unpaired) electrons. The summed E-state index contributed by atoms with van der Waals surface area (Å²) < 4.78 is 5.87. The quantitative estimate of drug-likeness (QED) is 0.489. The Hall–Kier alpha value is -3.19. The molecule has 33 heavy (non-hydrogen) atoms. The van der Waals surface area contributed by atoms with Crippen LogP contribution in [-0.2, 0) is 16.0 Å². The van der Waals surface area contributed by atoms with Crippen molar-refractivity contribution >= 4 is 28.8 Å². The Balaban J connectivity index is 1.78. The Morgan fingerprint density at radius 3 is 2.58 bits per heavy atom. The first-order valence-electron chi connectivity index (χ1n) is 11.4. The fraction of sp³-hybridized carbons (Fsp3) is 0.346. The molecule has 0 aliphatic heterocycles. The third-order valence-corrected chi connectivity index (χ3v) is 6.71. The van der Waals surface area contributed by atoms with Crippen molar-refractivity contribution in [3.63, 3.8) is 0 Å². The summed E-state index contributed by atoms with van der Waals surface area (Å²) in [6, 6.07) is 14.2. The van der Waals surface area contributed by atoms with Crippen molar-refractivity contribution in [3.8, 4) is 5.75 Å². The predicted molar refractivity (Wildman–Crippen MR) is 130 cm³/mol. The molecular weight excluding hydrogens is 434 g/mol. The van der Waals surface area contributed by atoms with Crippen LogP contribution in [0.2, 0.25) is 0 Å². The van der Waals surface area contributed by atoms with Gasteiger partial charge in [0.15, 0.2) is 0 Å². The van der Waals surface area contributed by atoms with E-state index in [1.807, 2.05) is 48.7 Å². The van der Waals surface area contributed by atoms with Gasteiger partial charge in [-0.3, -0.25) is 19.5 Å². The van der Waals surface area contributed by atoms with Crippen molar-refractivity contribution in [1.29, 1.82) is 0 Å². The lowest BCUT2D eigenvalue weighted by atomic mass is 10.0. The molecule has 0 spiro atoms. The van der Waals surface area contributed by atoms with E-state index in [4.69, 9.17) is 4.74 Å². The van der Waals surface area contributed by atoms with E-state index in [0.717, 1.165) is 30.6 Å². The number of ether oxygens (including phenoxy) is 1. The molecule has 1 N–H and O–H groups in total. The average Bonchev–Trinajstić information content (AvgIpc) is 3.53. The Labute approximate surface area is 198 Å². The molecule has 2 aromatic heterocycles. The van der Waals surface area contributed by atoms with Crippen LogP contribution in [0.4, 0.5) is 5.69 Å². The molecule has 0 unspecified atom stereocenters. The van der Waals surface area contributed by atoms with E-state index in [9.17, 15) is 9.59 Å². The van der Waals surface area contributed by atoms with Crippen molar-refractivity contribution in [2.75, 3.05) is 11.5 Å². The molecule has 2 amide bonds. The molecule has 1 fully saturated rings. The molecule has 1 aliphatic rings. The van der Waals surface area contributed by atoms with Gasteiger partial charge in [-0.05, 0) is 61.0 Å². The first-order valence-corrected chi connectivity index (χ1v) is 12.3. The Morgan fingerprint density at radius 2 is 1.88 bits per heavy atom. The van der Waals surface area contributed by atoms with Gasteiger partial charge in [0.25, 0.3) is 0 Å². The van der Waals surface area contributed by atoms with Gasteiger partial charge in [-0.15, -0.1) is 11.3 Å². The van der Waals surface area contributed by atoms with Crippen molar-refractivity contribution in [2.24, 2.45) is 0 Å². The van der Waals surface area contributed by atoms with Gasteiger partial charge in [0, 0.05) is 23.3 Å². The molecule has 1 atom stereocenters. The predicted octanol–water partition coefficient (Wildman–Crippen LogP) is 4.92. The topological polar surface area (TPSA) is 71.5 Å². The smallest absolute Gasteiger partial charge is 0.248 e. The number of carbonyl (C=O) groups is 2. The normalized spacial score (nSPS) is 14.6. The SMILES string of the molecule is CCOc1ccccc1N(C(=O)Cc1cccs1)[C@@H](C(=O)NC1CCCC1)c1ccncc1. The number of aromatic nitrogens is 1. The highest BCUT2D eigenvalue weighted by molar-refractivity contribution is 7.10. The number of hydrogen-bond acceptors (Lipinski definition) is 5. The van der Waals surface area contributed by atoms with Crippen LogP contribution >= 0.6 is 11.3 Å². The minimum atomic E-state index is -0.831. The van der Waals surface area contributed by atoms with Gasteiger partial charge in [0.2, 0.25) is 11.8 Å². The van der Waals surface area contributed by atoms with Crippen LogP contribution in [0.3, 0.4) is 0 Å². The number of benzene rings is 1. The minimum Gasteiger partial charge on any atom is -0.492 e. The lowest BCUT2D eigenvalue weighted by Crippen LogP contribution is -2.47. The number of anilines is 1. The number of pyridine rings is 1. The minimum absolute atomic E-state index is 0.137. The molecule has 172 valence electrons. The van der Waals surface area contributed by atoms with Gasteiger partial charge < -0.3 is 10.1 Å². The fourth-order valence-corrected chi connectivity index (χ4v) is 5.01. The molecule has 7 heteroatoms. The number of amides is 2. The lowest BCUT2D eigenvalue weighted by molar-refractivity contribution is -0.127. The second-order valence-corrected chi connectivity index (χ2v) is 9.13. The second kappa shape index (κ2) is 11.1. The van der Waals surface area contributed by atoms with Crippen molar-refractivity contribution < 1.29 is 14.3 Å². The van der Waals surface area contributed by atoms with Gasteiger partial charge in [0.05, 0.1) is 18.7 Å². The maximum atomic E-state index is 13.8. The first kappa shape index (κ1) is 23.0. The van der Waals surface area contributed by atoms with Gasteiger partial charge in [-0.2, -0.15) is 0 Å². The van der Waals surface area contributed by atoms with E-state index >= 15 is 0 Å². The van der Waals surface area contributed by atoms with Crippen LogP contribution in [0.15, 0.2) is 66.3 Å². The number of nitrogens with zero attached hydrogens (tertiary/aromatic N) is 2. The summed E-state index contributed by atoms with van der Waals surface area (Å²) >= 11 is 1.53. The Morgan fingerprint density at radius 1 is 1.12 bits per heavy atom. The summed E-state index contributed by atoms with van der Waals surface area (Å²) in [5.74, 6) is 0.235. The van der Waals surface area contributed by atoms with E-state index in [2.05, 4.69) is 10.3 Å². The number of carbonyl (C=O) groups excluding carboxylic acids is 2. The third kappa shape index (κ3) is 5.60. The zero-order valence-electron chi connectivity index (χ0n) is 18.8. The number of para-hydroxylation sites is 2. The van der Waals surface area contributed by atoms with Crippen molar-refractivity contribution in [1.82, 2.24) is 10.3 Å². The van der Waals surface area contributed by atoms with Crippen LogP contribution in [0, 0.1) is 0 Å². The summed E-state index contributed by atoms with van der Waals surface area (Å²) in [6.07, 6.45) is 7.67. The summed E-state index contributed by atoms with van der Waals surface area (Å²) in [5.41, 5.74) is 1.30. The van der Waals surface area contributed by atoms with Crippen LogP contribution in [0.1, 0.15) is 49.1 Å². The maximum absolute atomic E-state index is 13.8. The highest BCUT2D eigenvalue weighted by Crippen LogP contribution is 2.36. The Kier molecular flexibility index (Phi) is 7.73. The van der Waals surface area contributed by atoms with E-state index < -0.39 is 6.04 Å². The summed E-state index contributed by atoms with van der Waals surface area (Å²) in [5, 5.41) is 5.15. The molecular formula is C26H29N3O3S. The summed E-state index contributed by atoms with van der Waals surface area (Å²) in [4.78, 5) is 34.2. The largest absolute Gasteiger partial charge is 0.492 e. The van der Waals surface area contributed by atoms with Crippen LogP contribution < -0.4 is 15.0 Å². The highest BCUT2D eigenvalue weighted by Gasteiger charge is 2.35. The molecule has 1 aromatic carbocycles. The van der Waals surface area contributed by atoms with Crippen LogP contribution in [0.5, 0.6) is 5.75 Å². The lowest BCUT2D eigenvalue weighted by Gasteiger charge is -2.33. The van der Waals surface area contributed by atoms with E-state index in [1.165, 1.54) is 11.3 Å². The van der Waals surface area contributed by atoms with Gasteiger partial charge in [0.1, 0.15) is 11.8 Å².